The van der Waals surface area contributed by atoms with E-state index in [4.69, 9.17) is 9.47 Å². The lowest BCUT2D eigenvalue weighted by Gasteiger charge is -2.26. The number of rotatable bonds is 6. The van der Waals surface area contributed by atoms with E-state index in [-0.39, 0.29) is 11.3 Å². The van der Waals surface area contributed by atoms with Crippen molar-refractivity contribution < 1.29 is 14.3 Å². The van der Waals surface area contributed by atoms with E-state index in [1.807, 2.05) is 36.4 Å². The monoisotopic (exact) mass is 313 g/mol. The standard InChI is InChI=1S/C19H23NO3/c1-19(2,13-20-18(21)14-8-6-5-7-9-14)15-10-11-16(22-3)17(12-15)23-4/h5-12H,13H2,1-4H3,(H,20,21). The van der Waals surface area contributed by atoms with Gasteiger partial charge in [0.1, 0.15) is 0 Å². The minimum atomic E-state index is -0.232. The average Bonchev–Trinajstić information content (AvgIpc) is 2.59. The zero-order valence-corrected chi connectivity index (χ0v) is 14.1. The first-order valence-electron chi connectivity index (χ1n) is 7.53. The first kappa shape index (κ1) is 16.9. The minimum absolute atomic E-state index is 0.0702. The summed E-state index contributed by atoms with van der Waals surface area (Å²) in [5.74, 6) is 1.31. The molecule has 122 valence electrons. The molecule has 0 bridgehead atoms. The second-order valence-electron chi connectivity index (χ2n) is 6.00. The molecule has 0 spiro atoms. The minimum Gasteiger partial charge on any atom is -0.493 e. The summed E-state index contributed by atoms with van der Waals surface area (Å²) in [6.07, 6.45) is 0. The number of benzene rings is 2. The maximum absolute atomic E-state index is 12.2. The Balaban J connectivity index is 2.11. The third kappa shape index (κ3) is 4.03. The fourth-order valence-corrected chi connectivity index (χ4v) is 2.35. The molecule has 2 aromatic rings. The molecule has 4 heteroatoms. The fourth-order valence-electron chi connectivity index (χ4n) is 2.35. The van der Waals surface area contributed by atoms with Crippen LogP contribution in [0.2, 0.25) is 0 Å². The average molecular weight is 313 g/mol. The highest BCUT2D eigenvalue weighted by Gasteiger charge is 2.23. The summed E-state index contributed by atoms with van der Waals surface area (Å²) in [7, 11) is 3.23. The van der Waals surface area contributed by atoms with E-state index in [9.17, 15) is 4.79 Å². The molecule has 0 aliphatic carbocycles. The SMILES string of the molecule is COc1ccc(C(C)(C)CNC(=O)c2ccccc2)cc1OC. The molecule has 0 saturated heterocycles. The molecule has 0 atom stereocenters. The van der Waals surface area contributed by atoms with Gasteiger partial charge in [0.15, 0.2) is 11.5 Å². The van der Waals surface area contributed by atoms with Crippen LogP contribution in [-0.4, -0.2) is 26.7 Å². The Kier molecular flexibility index (Phi) is 5.27. The summed E-state index contributed by atoms with van der Waals surface area (Å²) in [6, 6.07) is 15.0. The zero-order valence-electron chi connectivity index (χ0n) is 14.1. The molecular formula is C19H23NO3. The maximum Gasteiger partial charge on any atom is 0.251 e. The van der Waals surface area contributed by atoms with Crippen LogP contribution in [-0.2, 0) is 5.41 Å². The van der Waals surface area contributed by atoms with E-state index < -0.39 is 0 Å². The van der Waals surface area contributed by atoms with Crippen molar-refractivity contribution in [3.8, 4) is 11.5 Å². The Morgan fingerprint density at radius 3 is 2.26 bits per heavy atom. The summed E-state index contributed by atoms with van der Waals surface area (Å²) < 4.78 is 10.6. The molecule has 1 N–H and O–H groups in total. The number of nitrogens with one attached hydrogen (secondary N) is 1. The number of carbonyl (C=O) groups is 1. The van der Waals surface area contributed by atoms with Gasteiger partial charge in [-0.2, -0.15) is 0 Å². The molecule has 0 heterocycles. The predicted octanol–water partition coefficient (Wildman–Crippen LogP) is 3.41. The summed E-state index contributed by atoms with van der Waals surface area (Å²) in [6.45, 7) is 4.69. The van der Waals surface area contributed by atoms with E-state index in [1.54, 1.807) is 26.4 Å². The number of hydrogen-bond acceptors (Lipinski definition) is 3. The van der Waals surface area contributed by atoms with Gasteiger partial charge in [0.25, 0.3) is 5.91 Å². The second-order valence-corrected chi connectivity index (χ2v) is 6.00. The predicted molar refractivity (Wildman–Crippen MR) is 91.3 cm³/mol. The summed E-state index contributed by atoms with van der Waals surface area (Å²) in [4.78, 5) is 12.2. The van der Waals surface area contributed by atoms with Crippen LogP contribution in [0.1, 0.15) is 29.8 Å². The highest BCUT2D eigenvalue weighted by molar-refractivity contribution is 5.94. The quantitative estimate of drug-likeness (QED) is 0.889. The van der Waals surface area contributed by atoms with Crippen LogP contribution in [0.4, 0.5) is 0 Å². The van der Waals surface area contributed by atoms with Crippen LogP contribution >= 0.6 is 0 Å². The van der Waals surface area contributed by atoms with Gasteiger partial charge in [0.2, 0.25) is 0 Å². The topological polar surface area (TPSA) is 47.6 Å². The molecule has 1 amide bonds. The maximum atomic E-state index is 12.2. The lowest BCUT2D eigenvalue weighted by molar-refractivity contribution is 0.0945. The molecule has 4 nitrogen and oxygen atoms in total. The number of amides is 1. The van der Waals surface area contributed by atoms with Crippen molar-refractivity contribution in [2.24, 2.45) is 0 Å². The van der Waals surface area contributed by atoms with Crippen molar-refractivity contribution in [1.29, 1.82) is 0 Å². The number of hydrogen-bond donors (Lipinski definition) is 1. The van der Waals surface area contributed by atoms with Gasteiger partial charge in [-0.15, -0.1) is 0 Å². The molecule has 0 fully saturated rings. The highest BCUT2D eigenvalue weighted by Crippen LogP contribution is 2.32. The zero-order chi connectivity index (χ0) is 16.9. The van der Waals surface area contributed by atoms with Gasteiger partial charge in [-0.1, -0.05) is 38.1 Å². The largest absolute Gasteiger partial charge is 0.493 e. The lowest BCUT2D eigenvalue weighted by atomic mass is 9.84. The Hall–Kier alpha value is -2.49. The summed E-state index contributed by atoms with van der Waals surface area (Å²) in [5.41, 5.74) is 1.50. The molecule has 0 aliphatic heterocycles. The van der Waals surface area contributed by atoms with Crippen LogP contribution in [0.25, 0.3) is 0 Å². The smallest absolute Gasteiger partial charge is 0.251 e. The van der Waals surface area contributed by atoms with Crippen LogP contribution < -0.4 is 14.8 Å². The number of carbonyl (C=O) groups excluding carboxylic acids is 1. The Bertz CT molecular complexity index is 666. The Labute approximate surface area is 137 Å². The summed E-state index contributed by atoms with van der Waals surface area (Å²) >= 11 is 0. The lowest BCUT2D eigenvalue weighted by Crippen LogP contribution is -2.36. The van der Waals surface area contributed by atoms with Crippen molar-refractivity contribution in [1.82, 2.24) is 5.32 Å². The molecule has 23 heavy (non-hydrogen) atoms. The van der Waals surface area contributed by atoms with E-state index in [0.29, 0.717) is 23.6 Å². The molecular weight excluding hydrogens is 290 g/mol. The van der Waals surface area contributed by atoms with Gasteiger partial charge in [-0.05, 0) is 29.8 Å². The van der Waals surface area contributed by atoms with Crippen molar-refractivity contribution in [3.63, 3.8) is 0 Å². The van der Waals surface area contributed by atoms with E-state index in [1.165, 1.54) is 0 Å². The van der Waals surface area contributed by atoms with Gasteiger partial charge in [-0.3, -0.25) is 4.79 Å². The molecule has 0 aromatic heterocycles. The molecule has 0 unspecified atom stereocenters. The molecule has 2 aromatic carbocycles. The van der Waals surface area contributed by atoms with Gasteiger partial charge in [0.05, 0.1) is 14.2 Å². The van der Waals surface area contributed by atoms with E-state index >= 15 is 0 Å². The molecule has 0 saturated carbocycles. The van der Waals surface area contributed by atoms with Crippen molar-refractivity contribution >= 4 is 5.91 Å². The van der Waals surface area contributed by atoms with Crippen LogP contribution in [0.15, 0.2) is 48.5 Å². The first-order chi connectivity index (χ1) is 11.0. The summed E-state index contributed by atoms with van der Waals surface area (Å²) in [5, 5.41) is 2.99. The van der Waals surface area contributed by atoms with Crippen LogP contribution in [0.5, 0.6) is 11.5 Å². The third-order valence-electron chi connectivity index (χ3n) is 3.89. The number of ether oxygens (including phenoxy) is 2. The molecule has 0 aliphatic rings. The highest BCUT2D eigenvalue weighted by atomic mass is 16.5. The normalized spacial score (nSPS) is 11.0. The Morgan fingerprint density at radius 2 is 1.65 bits per heavy atom. The second kappa shape index (κ2) is 7.18. The first-order valence-corrected chi connectivity index (χ1v) is 7.53. The van der Waals surface area contributed by atoms with Crippen molar-refractivity contribution in [2.75, 3.05) is 20.8 Å². The molecule has 0 radical (unpaired) electrons. The Morgan fingerprint density at radius 1 is 1.00 bits per heavy atom. The van der Waals surface area contributed by atoms with Gasteiger partial charge >= 0.3 is 0 Å². The fraction of sp³-hybridized carbons (Fsp3) is 0.316. The van der Waals surface area contributed by atoms with Crippen LogP contribution in [0, 0.1) is 0 Å². The van der Waals surface area contributed by atoms with Crippen molar-refractivity contribution in [3.05, 3.63) is 59.7 Å². The van der Waals surface area contributed by atoms with Crippen LogP contribution in [0.3, 0.4) is 0 Å². The van der Waals surface area contributed by atoms with E-state index in [0.717, 1.165) is 5.56 Å². The van der Waals surface area contributed by atoms with Crippen molar-refractivity contribution in [2.45, 2.75) is 19.3 Å². The van der Waals surface area contributed by atoms with Gasteiger partial charge in [-0.25, -0.2) is 0 Å². The molecule has 2 rings (SSSR count). The number of methoxy groups -OCH3 is 2. The van der Waals surface area contributed by atoms with E-state index in [2.05, 4.69) is 19.2 Å². The van der Waals surface area contributed by atoms with Gasteiger partial charge in [0, 0.05) is 17.5 Å². The third-order valence-corrected chi connectivity index (χ3v) is 3.89. The van der Waals surface area contributed by atoms with Gasteiger partial charge < -0.3 is 14.8 Å².